The number of ether oxygens (including phenoxy) is 2. The number of fused-ring (bicyclic) bond motifs is 2. The molecule has 0 N–H and O–H groups in total. The fraction of sp³-hybridized carbons (Fsp3) is 0.0588. The molecule has 1 aliphatic rings. The summed E-state index contributed by atoms with van der Waals surface area (Å²) in [7, 11) is 0. The topological polar surface area (TPSA) is 55.1 Å². The fourth-order valence-corrected chi connectivity index (χ4v) is 3.87. The van der Waals surface area contributed by atoms with Crippen molar-refractivity contribution in [3.05, 3.63) is 51.4 Å². The van der Waals surface area contributed by atoms with Gasteiger partial charge >= 0.3 is 0 Å². The number of nitrogens with zero attached hydrogens (tertiary/aromatic N) is 2. The van der Waals surface area contributed by atoms with Gasteiger partial charge in [-0.2, -0.15) is 5.26 Å². The third-order valence-electron chi connectivity index (χ3n) is 3.41. The Bertz CT molecular complexity index is 955. The van der Waals surface area contributed by atoms with Crippen molar-refractivity contribution in [3.63, 3.8) is 0 Å². The van der Waals surface area contributed by atoms with Gasteiger partial charge in [0.1, 0.15) is 11.1 Å². The molecule has 4 rings (SSSR count). The van der Waals surface area contributed by atoms with Gasteiger partial charge in [-0.25, -0.2) is 4.98 Å². The molecule has 0 unspecified atom stereocenters. The maximum absolute atomic E-state index is 9.51. The molecule has 0 bridgehead atoms. The smallest absolute Gasteiger partial charge is 0.231 e. The average molecular weight is 385 g/mol. The quantitative estimate of drug-likeness (QED) is 0.592. The zero-order valence-electron chi connectivity index (χ0n) is 11.7. The van der Waals surface area contributed by atoms with Crippen LogP contribution in [0.4, 0.5) is 0 Å². The van der Waals surface area contributed by atoms with E-state index >= 15 is 0 Å². The van der Waals surface area contributed by atoms with Gasteiger partial charge in [-0.3, -0.25) is 0 Å². The number of rotatable bonds is 2. The van der Waals surface area contributed by atoms with Crippen LogP contribution in [0.1, 0.15) is 10.6 Å². The van der Waals surface area contributed by atoms with E-state index in [9.17, 15) is 5.26 Å². The van der Waals surface area contributed by atoms with E-state index in [1.807, 2.05) is 42.5 Å². The van der Waals surface area contributed by atoms with Crippen molar-refractivity contribution in [2.24, 2.45) is 0 Å². The van der Waals surface area contributed by atoms with Crippen molar-refractivity contribution in [2.75, 3.05) is 6.79 Å². The first-order chi connectivity index (χ1) is 11.2. The van der Waals surface area contributed by atoms with E-state index in [-0.39, 0.29) is 6.79 Å². The van der Waals surface area contributed by atoms with Gasteiger partial charge < -0.3 is 9.47 Å². The molecule has 0 saturated heterocycles. The number of allylic oxidation sites excluding steroid dienone is 1. The molecule has 23 heavy (non-hydrogen) atoms. The highest BCUT2D eigenvalue weighted by atomic mass is 79.9. The number of nitriles is 1. The summed E-state index contributed by atoms with van der Waals surface area (Å²) in [6.07, 6.45) is 1.81. The summed E-state index contributed by atoms with van der Waals surface area (Å²) < 4.78 is 12.7. The lowest BCUT2D eigenvalue weighted by Crippen LogP contribution is -1.93. The molecule has 0 aliphatic carbocycles. The molecule has 112 valence electrons. The fourth-order valence-electron chi connectivity index (χ4n) is 2.37. The first-order valence-corrected chi connectivity index (χ1v) is 8.42. The maximum atomic E-state index is 9.51. The maximum Gasteiger partial charge on any atom is 0.231 e. The normalized spacial score (nSPS) is 13.3. The van der Waals surface area contributed by atoms with Gasteiger partial charge in [-0.1, -0.05) is 12.1 Å². The molecule has 0 spiro atoms. The second kappa shape index (κ2) is 5.69. The summed E-state index contributed by atoms with van der Waals surface area (Å²) in [6.45, 7) is 0.212. The number of thiazole rings is 1. The van der Waals surface area contributed by atoms with E-state index in [0.29, 0.717) is 22.1 Å². The van der Waals surface area contributed by atoms with Crippen LogP contribution in [0.5, 0.6) is 11.5 Å². The molecular weight excluding hydrogens is 376 g/mol. The lowest BCUT2D eigenvalue weighted by atomic mass is 10.1. The highest BCUT2D eigenvalue weighted by molar-refractivity contribution is 9.10. The van der Waals surface area contributed by atoms with Crippen LogP contribution in [-0.4, -0.2) is 11.8 Å². The zero-order chi connectivity index (χ0) is 15.8. The number of benzene rings is 2. The number of halogens is 1. The third kappa shape index (κ3) is 2.58. The summed E-state index contributed by atoms with van der Waals surface area (Å²) in [5.74, 6) is 1.37. The Morgan fingerprint density at radius 2 is 2.17 bits per heavy atom. The Morgan fingerprint density at radius 1 is 1.30 bits per heavy atom. The van der Waals surface area contributed by atoms with Crippen LogP contribution in [0, 0.1) is 11.3 Å². The largest absolute Gasteiger partial charge is 0.454 e. The molecular formula is C17H9BrN2O2S. The van der Waals surface area contributed by atoms with Crippen LogP contribution < -0.4 is 9.47 Å². The zero-order valence-corrected chi connectivity index (χ0v) is 14.1. The molecule has 1 aromatic heterocycles. The van der Waals surface area contributed by atoms with Gasteiger partial charge in [0.05, 0.1) is 20.3 Å². The number of hydrogen-bond acceptors (Lipinski definition) is 5. The summed E-state index contributed by atoms with van der Waals surface area (Å²) in [6, 6.07) is 13.9. The van der Waals surface area contributed by atoms with Gasteiger partial charge in [0, 0.05) is 0 Å². The summed E-state index contributed by atoms with van der Waals surface area (Å²) in [5.41, 5.74) is 2.29. The highest BCUT2D eigenvalue weighted by Gasteiger charge is 2.18. The van der Waals surface area contributed by atoms with E-state index < -0.39 is 0 Å². The summed E-state index contributed by atoms with van der Waals surface area (Å²) >= 11 is 4.97. The standard InChI is InChI=1S/C17H9BrN2O2S/c18-12-6-10(7-14-16(12)22-9-21-14)5-11(8-19)17-20-13-3-1-2-4-15(13)23-17/h1-7H,9H2/b11-5+. The molecule has 0 fully saturated rings. The minimum absolute atomic E-state index is 0.212. The predicted octanol–water partition coefficient (Wildman–Crippen LogP) is 4.85. The Kier molecular flexibility index (Phi) is 3.52. The molecule has 0 amide bonds. The van der Waals surface area contributed by atoms with Crippen molar-refractivity contribution < 1.29 is 9.47 Å². The van der Waals surface area contributed by atoms with Crippen molar-refractivity contribution in [2.45, 2.75) is 0 Å². The van der Waals surface area contributed by atoms with E-state index in [1.54, 1.807) is 0 Å². The second-order valence-corrected chi connectivity index (χ2v) is 6.78. The number of aromatic nitrogens is 1. The highest BCUT2D eigenvalue weighted by Crippen LogP contribution is 2.40. The lowest BCUT2D eigenvalue weighted by molar-refractivity contribution is 0.173. The van der Waals surface area contributed by atoms with Gasteiger partial charge in [-0.15, -0.1) is 11.3 Å². The van der Waals surface area contributed by atoms with E-state index in [0.717, 1.165) is 20.3 Å². The molecule has 3 aromatic rings. The van der Waals surface area contributed by atoms with Crippen molar-refractivity contribution in [3.8, 4) is 17.6 Å². The van der Waals surface area contributed by atoms with Crippen molar-refractivity contribution in [1.29, 1.82) is 5.26 Å². The minimum atomic E-state index is 0.212. The number of para-hydroxylation sites is 1. The third-order valence-corrected chi connectivity index (χ3v) is 5.06. The van der Waals surface area contributed by atoms with E-state index in [4.69, 9.17) is 9.47 Å². The van der Waals surface area contributed by atoms with Crippen molar-refractivity contribution in [1.82, 2.24) is 4.98 Å². The molecule has 1 aliphatic heterocycles. The molecule has 0 saturated carbocycles. The molecule has 0 atom stereocenters. The summed E-state index contributed by atoms with van der Waals surface area (Å²) in [5, 5.41) is 10.2. The predicted molar refractivity (Wildman–Crippen MR) is 93.4 cm³/mol. The van der Waals surface area contributed by atoms with E-state index in [2.05, 4.69) is 27.0 Å². The first-order valence-electron chi connectivity index (χ1n) is 6.81. The van der Waals surface area contributed by atoms with Crippen molar-refractivity contribution >= 4 is 49.1 Å². The minimum Gasteiger partial charge on any atom is -0.454 e. The van der Waals surface area contributed by atoms with Crippen LogP contribution in [0.15, 0.2) is 40.9 Å². The lowest BCUT2D eigenvalue weighted by Gasteiger charge is -2.02. The molecule has 2 heterocycles. The average Bonchev–Trinajstić information content (AvgIpc) is 3.18. The molecule has 0 radical (unpaired) electrons. The van der Waals surface area contributed by atoms with Crippen LogP contribution >= 0.6 is 27.3 Å². The molecule has 4 nitrogen and oxygen atoms in total. The van der Waals surface area contributed by atoms with Crippen LogP contribution in [0.25, 0.3) is 21.9 Å². The van der Waals surface area contributed by atoms with Gasteiger partial charge in [0.25, 0.3) is 0 Å². The van der Waals surface area contributed by atoms with Gasteiger partial charge in [0.15, 0.2) is 11.5 Å². The van der Waals surface area contributed by atoms with Crippen LogP contribution in [0.3, 0.4) is 0 Å². The Labute approximate surface area is 144 Å². The molecule has 2 aromatic carbocycles. The van der Waals surface area contributed by atoms with Crippen LogP contribution in [0.2, 0.25) is 0 Å². The van der Waals surface area contributed by atoms with Crippen LogP contribution in [-0.2, 0) is 0 Å². The Morgan fingerprint density at radius 3 is 3.00 bits per heavy atom. The van der Waals surface area contributed by atoms with Gasteiger partial charge in [-0.05, 0) is 51.8 Å². The second-order valence-electron chi connectivity index (χ2n) is 4.89. The molecule has 6 heteroatoms. The Balaban J connectivity index is 1.79. The SMILES string of the molecule is N#C/C(=C\c1cc(Br)c2c(c1)OCO2)c1nc2ccccc2s1. The monoisotopic (exact) mass is 384 g/mol. The summed E-state index contributed by atoms with van der Waals surface area (Å²) in [4.78, 5) is 4.54. The Hall–Kier alpha value is -2.36. The van der Waals surface area contributed by atoms with Gasteiger partial charge in [0.2, 0.25) is 6.79 Å². The van der Waals surface area contributed by atoms with E-state index in [1.165, 1.54) is 11.3 Å². The first kappa shape index (κ1) is 14.2. The number of hydrogen-bond donors (Lipinski definition) is 0.